The van der Waals surface area contributed by atoms with E-state index in [0.717, 1.165) is 12.8 Å². The quantitative estimate of drug-likeness (QED) is 0.749. The maximum atomic E-state index is 12.1. The minimum Gasteiger partial charge on any atom is -0.480 e. The summed E-state index contributed by atoms with van der Waals surface area (Å²) < 4.78 is 0. The second-order valence-electron chi connectivity index (χ2n) is 4.07. The SMILES string of the molecule is CCCC[C@H](NC(=O)c1cccnc1SC)C(=O)O. The zero-order valence-electron chi connectivity index (χ0n) is 11.0. The van der Waals surface area contributed by atoms with E-state index in [2.05, 4.69) is 10.3 Å². The van der Waals surface area contributed by atoms with Gasteiger partial charge in [0, 0.05) is 6.20 Å². The van der Waals surface area contributed by atoms with Gasteiger partial charge in [0.05, 0.1) is 5.56 Å². The van der Waals surface area contributed by atoms with Crippen molar-refractivity contribution in [3.63, 3.8) is 0 Å². The van der Waals surface area contributed by atoms with Crippen LogP contribution in [-0.2, 0) is 4.79 Å². The zero-order chi connectivity index (χ0) is 14.3. The van der Waals surface area contributed by atoms with Crippen molar-refractivity contribution in [3.8, 4) is 0 Å². The number of thioether (sulfide) groups is 1. The highest BCUT2D eigenvalue weighted by Crippen LogP contribution is 2.17. The maximum absolute atomic E-state index is 12.1. The van der Waals surface area contributed by atoms with Gasteiger partial charge in [0.25, 0.3) is 5.91 Å². The molecule has 1 atom stereocenters. The van der Waals surface area contributed by atoms with Crippen molar-refractivity contribution in [1.82, 2.24) is 10.3 Å². The molecule has 5 nitrogen and oxygen atoms in total. The number of unbranched alkanes of at least 4 members (excludes halogenated alkanes) is 1. The van der Waals surface area contributed by atoms with Crippen molar-refractivity contribution >= 4 is 23.6 Å². The Morgan fingerprint density at radius 1 is 1.53 bits per heavy atom. The Morgan fingerprint density at radius 3 is 2.84 bits per heavy atom. The van der Waals surface area contributed by atoms with Crippen LogP contribution in [0.2, 0.25) is 0 Å². The maximum Gasteiger partial charge on any atom is 0.326 e. The molecule has 0 aliphatic rings. The van der Waals surface area contributed by atoms with E-state index in [9.17, 15) is 9.59 Å². The van der Waals surface area contributed by atoms with Gasteiger partial charge in [-0.3, -0.25) is 4.79 Å². The van der Waals surface area contributed by atoms with Crippen LogP contribution in [0.4, 0.5) is 0 Å². The van der Waals surface area contributed by atoms with Crippen molar-refractivity contribution in [2.24, 2.45) is 0 Å². The number of carboxylic acid groups (broad SMARTS) is 1. The van der Waals surface area contributed by atoms with Crippen molar-refractivity contribution in [2.75, 3.05) is 6.26 Å². The number of rotatable bonds is 7. The molecular weight excluding hydrogens is 264 g/mol. The van der Waals surface area contributed by atoms with Crippen LogP contribution >= 0.6 is 11.8 Å². The molecule has 1 amide bonds. The van der Waals surface area contributed by atoms with Gasteiger partial charge in [0.15, 0.2) is 0 Å². The number of aliphatic carboxylic acids is 1. The standard InChI is InChI=1S/C13H18N2O3S/c1-3-4-7-10(13(17)18)15-11(16)9-6-5-8-14-12(9)19-2/h5-6,8,10H,3-4,7H2,1-2H3,(H,15,16)(H,17,18)/t10-/m0/s1. The number of nitrogens with one attached hydrogen (secondary N) is 1. The molecule has 1 aromatic rings. The van der Waals surface area contributed by atoms with E-state index in [1.54, 1.807) is 18.3 Å². The Bertz CT molecular complexity index is 451. The van der Waals surface area contributed by atoms with Crippen LogP contribution in [0.5, 0.6) is 0 Å². The largest absolute Gasteiger partial charge is 0.480 e. The number of carbonyl (C=O) groups excluding carboxylic acids is 1. The van der Waals surface area contributed by atoms with Gasteiger partial charge >= 0.3 is 5.97 Å². The topological polar surface area (TPSA) is 79.3 Å². The summed E-state index contributed by atoms with van der Waals surface area (Å²) in [6.07, 6.45) is 5.52. The van der Waals surface area contributed by atoms with Crippen LogP contribution in [0.1, 0.15) is 36.5 Å². The lowest BCUT2D eigenvalue weighted by Gasteiger charge is -2.14. The number of aromatic nitrogens is 1. The minimum atomic E-state index is -1.00. The predicted molar refractivity (Wildman–Crippen MR) is 74.4 cm³/mol. The van der Waals surface area contributed by atoms with Crippen molar-refractivity contribution < 1.29 is 14.7 Å². The van der Waals surface area contributed by atoms with Crippen LogP contribution in [0, 0.1) is 0 Å². The molecule has 0 fully saturated rings. The molecule has 2 N–H and O–H groups in total. The van der Waals surface area contributed by atoms with E-state index in [0.29, 0.717) is 17.0 Å². The summed E-state index contributed by atoms with van der Waals surface area (Å²) in [6, 6.07) is 2.46. The molecule has 0 aliphatic heterocycles. The second-order valence-corrected chi connectivity index (χ2v) is 4.86. The van der Waals surface area contributed by atoms with Gasteiger partial charge in [-0.15, -0.1) is 11.8 Å². The van der Waals surface area contributed by atoms with E-state index < -0.39 is 12.0 Å². The number of hydrogen-bond acceptors (Lipinski definition) is 4. The lowest BCUT2D eigenvalue weighted by molar-refractivity contribution is -0.139. The fourth-order valence-corrected chi connectivity index (χ4v) is 2.17. The molecule has 104 valence electrons. The number of hydrogen-bond donors (Lipinski definition) is 2. The van der Waals surface area contributed by atoms with Crippen LogP contribution in [0.15, 0.2) is 23.4 Å². The van der Waals surface area contributed by atoms with Gasteiger partial charge in [-0.25, -0.2) is 9.78 Å². The van der Waals surface area contributed by atoms with E-state index >= 15 is 0 Å². The molecule has 0 bridgehead atoms. The summed E-state index contributed by atoms with van der Waals surface area (Å²) in [5.41, 5.74) is 0.415. The molecule has 0 saturated heterocycles. The van der Waals surface area contributed by atoms with Gasteiger partial charge in [0.2, 0.25) is 0 Å². The van der Waals surface area contributed by atoms with Gasteiger partial charge < -0.3 is 10.4 Å². The Kier molecular flexibility index (Phi) is 6.35. The average molecular weight is 282 g/mol. The Labute approximate surface area is 116 Å². The third kappa shape index (κ3) is 4.55. The Morgan fingerprint density at radius 2 is 2.26 bits per heavy atom. The first kappa shape index (κ1) is 15.5. The molecule has 0 aromatic carbocycles. The van der Waals surface area contributed by atoms with Crippen LogP contribution < -0.4 is 5.32 Å². The molecule has 1 aromatic heterocycles. The zero-order valence-corrected chi connectivity index (χ0v) is 11.9. The Balaban J connectivity index is 2.78. The summed E-state index contributed by atoms with van der Waals surface area (Å²) in [4.78, 5) is 27.3. The molecular formula is C13H18N2O3S. The van der Waals surface area contributed by atoms with E-state index in [1.807, 2.05) is 13.2 Å². The van der Waals surface area contributed by atoms with Crippen molar-refractivity contribution in [2.45, 2.75) is 37.3 Å². The van der Waals surface area contributed by atoms with E-state index in [-0.39, 0.29) is 5.91 Å². The van der Waals surface area contributed by atoms with Crippen molar-refractivity contribution in [3.05, 3.63) is 23.9 Å². The van der Waals surface area contributed by atoms with E-state index in [4.69, 9.17) is 5.11 Å². The second kappa shape index (κ2) is 7.78. The third-order valence-electron chi connectivity index (χ3n) is 2.66. The lowest BCUT2D eigenvalue weighted by Crippen LogP contribution is -2.40. The molecule has 1 heterocycles. The normalized spacial score (nSPS) is 11.9. The molecule has 0 unspecified atom stereocenters. The summed E-state index contributed by atoms with van der Waals surface area (Å²) in [6.45, 7) is 1.98. The highest BCUT2D eigenvalue weighted by atomic mass is 32.2. The number of amides is 1. The van der Waals surface area contributed by atoms with Crippen LogP contribution in [-0.4, -0.2) is 34.3 Å². The highest BCUT2D eigenvalue weighted by Gasteiger charge is 2.21. The number of pyridine rings is 1. The molecule has 0 aliphatic carbocycles. The predicted octanol–water partition coefficient (Wildman–Crippen LogP) is 2.18. The average Bonchev–Trinajstić information content (AvgIpc) is 2.42. The summed E-state index contributed by atoms with van der Waals surface area (Å²) in [7, 11) is 0. The molecule has 0 saturated carbocycles. The number of carbonyl (C=O) groups is 2. The number of carboxylic acids is 1. The van der Waals surface area contributed by atoms with Gasteiger partial charge in [-0.1, -0.05) is 19.8 Å². The van der Waals surface area contributed by atoms with Gasteiger partial charge in [-0.2, -0.15) is 0 Å². The minimum absolute atomic E-state index is 0.388. The molecule has 0 spiro atoms. The molecule has 0 radical (unpaired) electrons. The van der Waals surface area contributed by atoms with Crippen LogP contribution in [0.3, 0.4) is 0 Å². The summed E-state index contributed by atoms with van der Waals surface area (Å²) in [5, 5.41) is 12.2. The molecule has 6 heteroatoms. The smallest absolute Gasteiger partial charge is 0.326 e. The monoisotopic (exact) mass is 282 g/mol. The first-order chi connectivity index (χ1) is 9.10. The molecule has 1 rings (SSSR count). The number of nitrogens with zero attached hydrogens (tertiary/aromatic N) is 1. The lowest BCUT2D eigenvalue weighted by atomic mass is 10.1. The highest BCUT2D eigenvalue weighted by molar-refractivity contribution is 7.98. The fourth-order valence-electron chi connectivity index (χ4n) is 1.63. The first-order valence-electron chi connectivity index (χ1n) is 6.12. The van der Waals surface area contributed by atoms with Gasteiger partial charge in [-0.05, 0) is 24.8 Å². The molecule has 19 heavy (non-hydrogen) atoms. The third-order valence-corrected chi connectivity index (χ3v) is 3.37. The summed E-state index contributed by atoms with van der Waals surface area (Å²) in [5.74, 6) is -1.39. The fraction of sp³-hybridized carbons (Fsp3) is 0.462. The van der Waals surface area contributed by atoms with Gasteiger partial charge in [0.1, 0.15) is 11.1 Å². The summed E-state index contributed by atoms with van der Waals surface area (Å²) >= 11 is 1.36. The Hall–Kier alpha value is -1.56. The van der Waals surface area contributed by atoms with Crippen molar-refractivity contribution in [1.29, 1.82) is 0 Å². The van der Waals surface area contributed by atoms with Crippen LogP contribution in [0.25, 0.3) is 0 Å². The first-order valence-corrected chi connectivity index (χ1v) is 7.35. The van der Waals surface area contributed by atoms with E-state index in [1.165, 1.54) is 11.8 Å².